The fourth-order valence-corrected chi connectivity index (χ4v) is 3.98. The Morgan fingerprint density at radius 1 is 1.42 bits per heavy atom. The van der Waals surface area contributed by atoms with Gasteiger partial charge in [-0.1, -0.05) is 0 Å². The molecule has 9 heteroatoms. The summed E-state index contributed by atoms with van der Waals surface area (Å²) >= 11 is -0.162. The van der Waals surface area contributed by atoms with E-state index >= 15 is 0 Å². The molecule has 3 rings (SSSR count). The molecule has 2 aromatic rings. The average molecular weight is 392 g/mol. The second kappa shape index (κ2) is 6.18. The number of rotatable bonds is 3. The molecule has 1 aliphatic rings. The fraction of sp³-hybridized carbons (Fsp3) is 0.267. The minimum absolute atomic E-state index is 0.0217. The van der Waals surface area contributed by atoms with Crippen molar-refractivity contribution in [1.29, 1.82) is 0 Å². The summed E-state index contributed by atoms with van der Waals surface area (Å²) in [5, 5.41) is 14.2. The first-order chi connectivity index (χ1) is 11.5. The van der Waals surface area contributed by atoms with Gasteiger partial charge in [0.15, 0.2) is 0 Å². The van der Waals surface area contributed by atoms with E-state index in [1.807, 2.05) is 17.6 Å². The number of carbonyl (C=O) groups is 1. The van der Waals surface area contributed by atoms with Gasteiger partial charge >= 0.3 is 144 Å². The van der Waals surface area contributed by atoms with Crippen molar-refractivity contribution in [1.82, 2.24) is 9.97 Å². The van der Waals surface area contributed by atoms with Crippen LogP contribution in [0.1, 0.15) is 22.8 Å². The Labute approximate surface area is 144 Å². The third-order valence-corrected chi connectivity index (χ3v) is 5.25. The zero-order valence-corrected chi connectivity index (χ0v) is 15.1. The van der Waals surface area contributed by atoms with Crippen molar-refractivity contribution in [2.24, 2.45) is 0 Å². The van der Waals surface area contributed by atoms with Crippen LogP contribution in [0, 0.1) is 17.0 Å². The summed E-state index contributed by atoms with van der Waals surface area (Å²) in [6.07, 6.45) is 1.61. The number of hydrogen-bond donors (Lipinski definition) is 1. The van der Waals surface area contributed by atoms with E-state index in [-0.39, 0.29) is 26.6 Å². The molecule has 0 saturated carbocycles. The first kappa shape index (κ1) is 16.4. The maximum atomic E-state index is 12.5. The van der Waals surface area contributed by atoms with E-state index in [2.05, 4.69) is 15.3 Å². The van der Waals surface area contributed by atoms with E-state index in [1.54, 1.807) is 25.3 Å². The molecule has 0 radical (unpaired) electrons. The van der Waals surface area contributed by atoms with E-state index in [0.29, 0.717) is 39.6 Å². The summed E-state index contributed by atoms with van der Waals surface area (Å²) in [5.41, 5.74) is 1.19. The standard InChI is InChI=1S/C15H15N5O3Se/c1-4-19-12-9(6-5-7-16-12)14(21)17-10-8(2)11(20(22)23)15(24-3)18-13(10)19/h5-7H,4H2,1-3H3,(H,17,21). The molecule has 0 spiro atoms. The molecule has 0 unspecified atom stereocenters. The van der Waals surface area contributed by atoms with Crippen molar-refractivity contribution in [2.45, 2.75) is 19.7 Å². The van der Waals surface area contributed by atoms with Crippen LogP contribution < -0.4 is 14.8 Å². The van der Waals surface area contributed by atoms with Gasteiger partial charge in [0.25, 0.3) is 0 Å². The van der Waals surface area contributed by atoms with Gasteiger partial charge in [-0.3, -0.25) is 0 Å². The number of nitrogens with zero attached hydrogens (tertiary/aromatic N) is 4. The number of fused-ring (bicyclic) bond motifs is 2. The average Bonchev–Trinajstić information content (AvgIpc) is 2.69. The quantitative estimate of drug-likeness (QED) is 0.486. The SMILES string of the molecule is CCN1c2ncccc2C(=O)Nc2c1nc([Se]C)c([N+](=O)[O-])c2C. The van der Waals surface area contributed by atoms with E-state index in [0.717, 1.165) is 0 Å². The van der Waals surface area contributed by atoms with Gasteiger partial charge in [-0.25, -0.2) is 0 Å². The predicted molar refractivity (Wildman–Crippen MR) is 91.8 cm³/mol. The number of amides is 1. The molecule has 0 bridgehead atoms. The number of anilines is 3. The number of pyridine rings is 2. The number of carbonyl (C=O) groups excluding carboxylic acids is 1. The number of nitro groups is 1. The molecular formula is C15H15N5O3Se. The maximum absolute atomic E-state index is 12.5. The third-order valence-electron chi connectivity index (χ3n) is 3.84. The second-order valence-corrected chi connectivity index (χ2v) is 6.79. The molecule has 1 N–H and O–H groups in total. The van der Waals surface area contributed by atoms with Crippen LogP contribution in [0.5, 0.6) is 0 Å². The van der Waals surface area contributed by atoms with E-state index in [4.69, 9.17) is 0 Å². The van der Waals surface area contributed by atoms with Gasteiger partial charge in [0.2, 0.25) is 0 Å². The molecule has 124 valence electrons. The van der Waals surface area contributed by atoms with Crippen LogP contribution >= 0.6 is 0 Å². The zero-order chi connectivity index (χ0) is 17.4. The van der Waals surface area contributed by atoms with Crippen LogP contribution in [0.2, 0.25) is 5.82 Å². The van der Waals surface area contributed by atoms with Gasteiger partial charge in [0.1, 0.15) is 0 Å². The molecule has 2 aromatic heterocycles. The molecular weight excluding hydrogens is 377 g/mol. The third kappa shape index (κ3) is 2.42. The molecule has 0 atom stereocenters. The topological polar surface area (TPSA) is 101 Å². The van der Waals surface area contributed by atoms with Crippen LogP contribution in [0.15, 0.2) is 18.3 Å². The molecule has 0 saturated heterocycles. The predicted octanol–water partition coefficient (Wildman–Crippen LogP) is 1.79. The van der Waals surface area contributed by atoms with Gasteiger partial charge in [0.05, 0.1) is 0 Å². The molecule has 3 heterocycles. The van der Waals surface area contributed by atoms with Crippen molar-refractivity contribution in [3.05, 3.63) is 39.6 Å². The Bertz CT molecular complexity index is 855. The Hall–Kier alpha value is -2.51. The van der Waals surface area contributed by atoms with Gasteiger partial charge < -0.3 is 0 Å². The number of aromatic nitrogens is 2. The van der Waals surface area contributed by atoms with Crippen LogP contribution in [0.25, 0.3) is 0 Å². The Balaban J connectivity index is 2.35. The Morgan fingerprint density at radius 3 is 2.79 bits per heavy atom. The van der Waals surface area contributed by atoms with Crippen LogP contribution in [0.3, 0.4) is 0 Å². The molecule has 1 aliphatic heterocycles. The van der Waals surface area contributed by atoms with Crippen molar-refractivity contribution >= 4 is 48.5 Å². The second-order valence-electron chi connectivity index (χ2n) is 5.12. The van der Waals surface area contributed by atoms with Gasteiger partial charge in [-0.2, -0.15) is 0 Å². The normalized spacial score (nSPS) is 13.0. The summed E-state index contributed by atoms with van der Waals surface area (Å²) in [5.74, 6) is 2.55. The van der Waals surface area contributed by atoms with Gasteiger partial charge in [-0.15, -0.1) is 0 Å². The number of nitrogens with one attached hydrogen (secondary N) is 1. The first-order valence-corrected chi connectivity index (χ1v) is 9.83. The summed E-state index contributed by atoms with van der Waals surface area (Å²) in [7, 11) is 0. The molecule has 0 aromatic carbocycles. The fourth-order valence-electron chi connectivity index (χ4n) is 2.72. The van der Waals surface area contributed by atoms with Crippen molar-refractivity contribution in [3.8, 4) is 0 Å². The van der Waals surface area contributed by atoms with Gasteiger partial charge in [-0.05, 0) is 0 Å². The zero-order valence-electron chi connectivity index (χ0n) is 13.4. The molecule has 0 fully saturated rings. The minimum atomic E-state index is -0.429. The Morgan fingerprint density at radius 2 is 2.17 bits per heavy atom. The van der Waals surface area contributed by atoms with Crippen LogP contribution in [0.4, 0.5) is 23.0 Å². The summed E-state index contributed by atoms with van der Waals surface area (Å²) in [4.78, 5) is 34.2. The van der Waals surface area contributed by atoms with Gasteiger partial charge in [0, 0.05) is 0 Å². The molecule has 0 aliphatic carbocycles. The monoisotopic (exact) mass is 393 g/mol. The van der Waals surface area contributed by atoms with E-state index in [9.17, 15) is 14.9 Å². The van der Waals surface area contributed by atoms with Crippen molar-refractivity contribution in [3.63, 3.8) is 0 Å². The van der Waals surface area contributed by atoms with E-state index in [1.165, 1.54) is 0 Å². The molecule has 24 heavy (non-hydrogen) atoms. The molecule has 1 amide bonds. The first-order valence-electron chi connectivity index (χ1n) is 7.26. The van der Waals surface area contributed by atoms with E-state index < -0.39 is 4.92 Å². The van der Waals surface area contributed by atoms with Crippen molar-refractivity contribution < 1.29 is 9.72 Å². The summed E-state index contributed by atoms with van der Waals surface area (Å²) in [6, 6.07) is 3.37. The van der Waals surface area contributed by atoms with Crippen molar-refractivity contribution in [2.75, 3.05) is 16.8 Å². The van der Waals surface area contributed by atoms with Crippen LogP contribution in [-0.4, -0.2) is 42.3 Å². The number of hydrogen-bond acceptors (Lipinski definition) is 6. The Kier molecular flexibility index (Phi) is 4.21. The molecule has 8 nitrogen and oxygen atoms in total. The van der Waals surface area contributed by atoms with Crippen LogP contribution in [-0.2, 0) is 0 Å². The summed E-state index contributed by atoms with van der Waals surface area (Å²) < 4.78 is 0.454. The summed E-state index contributed by atoms with van der Waals surface area (Å²) in [6.45, 7) is 4.10.